The molecule has 0 aliphatic rings. The molecule has 20 heavy (non-hydrogen) atoms. The summed E-state index contributed by atoms with van der Waals surface area (Å²) >= 11 is 0. The third kappa shape index (κ3) is 2.77. The Kier molecular flexibility index (Phi) is 3.98. The van der Waals surface area contributed by atoms with Gasteiger partial charge >= 0.3 is 0 Å². The van der Waals surface area contributed by atoms with Gasteiger partial charge in [-0.15, -0.1) is 0 Å². The van der Waals surface area contributed by atoms with Gasteiger partial charge in [0.1, 0.15) is 5.82 Å². The molecule has 1 heterocycles. The number of nitrogens with zero attached hydrogens (tertiary/aromatic N) is 1. The molecule has 1 aromatic heterocycles. The normalized spacial score (nSPS) is 10.3. The molecule has 4 nitrogen and oxygen atoms in total. The van der Waals surface area contributed by atoms with E-state index in [9.17, 15) is 14.0 Å². The molecular weight excluding hydrogens is 259 g/mol. The van der Waals surface area contributed by atoms with E-state index in [4.69, 9.17) is 0 Å². The Morgan fingerprint density at radius 2 is 2.05 bits per heavy atom. The number of halogens is 1. The molecule has 0 radical (unpaired) electrons. The van der Waals surface area contributed by atoms with E-state index in [-0.39, 0.29) is 11.1 Å². The summed E-state index contributed by atoms with van der Waals surface area (Å²) in [5.74, 6) is -1.07. The van der Waals surface area contributed by atoms with E-state index >= 15 is 0 Å². The number of hydrogen-bond acceptors (Lipinski definition) is 2. The van der Waals surface area contributed by atoms with Gasteiger partial charge in [-0.3, -0.25) is 9.59 Å². The highest BCUT2D eigenvalue weighted by Crippen LogP contribution is 2.14. The highest BCUT2D eigenvalue weighted by atomic mass is 19.1. The lowest BCUT2D eigenvalue weighted by atomic mass is 10.1. The van der Waals surface area contributed by atoms with Crippen molar-refractivity contribution < 1.29 is 9.18 Å². The Labute approximate surface area is 115 Å². The summed E-state index contributed by atoms with van der Waals surface area (Å²) in [5, 5.41) is 2.59. The number of amides is 1. The number of anilines is 1. The topological polar surface area (TPSA) is 51.1 Å². The van der Waals surface area contributed by atoms with Gasteiger partial charge < -0.3 is 9.88 Å². The van der Waals surface area contributed by atoms with Crippen LogP contribution < -0.4 is 10.9 Å². The second kappa shape index (κ2) is 5.69. The standard InChI is InChI=1S/C15H15FN2O2/c1-3-18-9-11(7-8-13(18)19)17-15(20)12-6-4-5-10(2)14(12)16/h4-9H,3H2,1-2H3,(H,17,20). The SMILES string of the molecule is CCn1cc(NC(=O)c2cccc(C)c2F)ccc1=O. The average molecular weight is 274 g/mol. The van der Waals surface area contributed by atoms with E-state index in [0.29, 0.717) is 17.8 Å². The van der Waals surface area contributed by atoms with Crippen LogP contribution in [0, 0.1) is 12.7 Å². The van der Waals surface area contributed by atoms with Gasteiger partial charge in [-0.2, -0.15) is 0 Å². The second-order valence-corrected chi connectivity index (χ2v) is 4.43. The lowest BCUT2D eigenvalue weighted by Gasteiger charge is -2.09. The first-order valence-electron chi connectivity index (χ1n) is 6.30. The molecule has 1 N–H and O–H groups in total. The molecule has 104 valence electrons. The van der Waals surface area contributed by atoms with Crippen molar-refractivity contribution in [3.8, 4) is 0 Å². The summed E-state index contributed by atoms with van der Waals surface area (Å²) < 4.78 is 15.3. The highest BCUT2D eigenvalue weighted by molar-refractivity contribution is 6.04. The maximum atomic E-state index is 13.8. The quantitative estimate of drug-likeness (QED) is 0.935. The minimum absolute atomic E-state index is 0.0146. The van der Waals surface area contributed by atoms with Crippen molar-refractivity contribution in [2.75, 3.05) is 5.32 Å². The van der Waals surface area contributed by atoms with Crippen LogP contribution in [0.25, 0.3) is 0 Å². The molecule has 0 aliphatic heterocycles. The molecule has 0 spiro atoms. The lowest BCUT2D eigenvalue weighted by Crippen LogP contribution is -2.20. The number of rotatable bonds is 3. The highest BCUT2D eigenvalue weighted by Gasteiger charge is 2.13. The smallest absolute Gasteiger partial charge is 0.258 e. The number of aromatic nitrogens is 1. The van der Waals surface area contributed by atoms with E-state index in [2.05, 4.69) is 5.32 Å². The van der Waals surface area contributed by atoms with Crippen molar-refractivity contribution in [2.45, 2.75) is 20.4 Å². The van der Waals surface area contributed by atoms with Crippen molar-refractivity contribution in [2.24, 2.45) is 0 Å². The van der Waals surface area contributed by atoms with E-state index in [1.807, 2.05) is 6.92 Å². The van der Waals surface area contributed by atoms with Crippen LogP contribution in [0.5, 0.6) is 0 Å². The molecule has 0 unspecified atom stereocenters. The molecule has 0 saturated heterocycles. The third-order valence-electron chi connectivity index (χ3n) is 3.02. The van der Waals surface area contributed by atoms with Gasteiger partial charge in [0.25, 0.3) is 11.5 Å². The number of aryl methyl sites for hydroxylation is 2. The van der Waals surface area contributed by atoms with E-state index in [0.717, 1.165) is 0 Å². The largest absolute Gasteiger partial charge is 0.321 e. The first-order chi connectivity index (χ1) is 9.52. The van der Waals surface area contributed by atoms with Crippen LogP contribution in [-0.4, -0.2) is 10.5 Å². The minimum atomic E-state index is -0.535. The summed E-state index contributed by atoms with van der Waals surface area (Å²) in [5.41, 5.74) is 0.708. The van der Waals surface area contributed by atoms with Crippen LogP contribution in [0.1, 0.15) is 22.8 Å². The summed E-state index contributed by atoms with van der Waals surface area (Å²) in [6, 6.07) is 7.52. The summed E-state index contributed by atoms with van der Waals surface area (Å²) in [7, 11) is 0. The maximum absolute atomic E-state index is 13.8. The third-order valence-corrected chi connectivity index (χ3v) is 3.02. The van der Waals surface area contributed by atoms with Gasteiger partial charge in [-0.1, -0.05) is 12.1 Å². The molecule has 0 atom stereocenters. The Balaban J connectivity index is 2.28. The Bertz CT molecular complexity index is 707. The van der Waals surface area contributed by atoms with Gasteiger partial charge in [-0.05, 0) is 31.5 Å². The van der Waals surface area contributed by atoms with Gasteiger partial charge in [0.05, 0.1) is 11.3 Å². The van der Waals surface area contributed by atoms with Crippen LogP contribution in [0.2, 0.25) is 0 Å². The van der Waals surface area contributed by atoms with Crippen molar-refractivity contribution in [3.05, 3.63) is 63.8 Å². The van der Waals surface area contributed by atoms with E-state index < -0.39 is 11.7 Å². The van der Waals surface area contributed by atoms with Crippen LogP contribution in [0.3, 0.4) is 0 Å². The first-order valence-corrected chi connectivity index (χ1v) is 6.30. The lowest BCUT2D eigenvalue weighted by molar-refractivity contribution is 0.102. The fourth-order valence-corrected chi connectivity index (χ4v) is 1.87. The molecule has 0 fully saturated rings. The molecule has 1 aromatic carbocycles. The Morgan fingerprint density at radius 1 is 1.30 bits per heavy atom. The fraction of sp³-hybridized carbons (Fsp3) is 0.200. The Morgan fingerprint density at radius 3 is 2.75 bits per heavy atom. The molecule has 1 amide bonds. The minimum Gasteiger partial charge on any atom is -0.321 e. The zero-order chi connectivity index (χ0) is 14.7. The number of carbonyl (C=O) groups is 1. The summed E-state index contributed by atoms with van der Waals surface area (Å²) in [6.07, 6.45) is 1.54. The van der Waals surface area contributed by atoms with Crippen LogP contribution in [0.15, 0.2) is 41.3 Å². The molecule has 2 aromatic rings. The molecule has 5 heteroatoms. The van der Waals surface area contributed by atoms with Crippen molar-refractivity contribution in [1.82, 2.24) is 4.57 Å². The number of hydrogen-bond donors (Lipinski definition) is 1. The number of nitrogens with one attached hydrogen (secondary N) is 1. The van der Waals surface area contributed by atoms with Gasteiger partial charge in [0, 0.05) is 18.8 Å². The van der Waals surface area contributed by atoms with Gasteiger partial charge in [-0.25, -0.2) is 4.39 Å². The predicted molar refractivity (Wildman–Crippen MR) is 75.5 cm³/mol. The van der Waals surface area contributed by atoms with Crippen LogP contribution >= 0.6 is 0 Å². The number of carbonyl (C=O) groups excluding carboxylic acids is 1. The van der Waals surface area contributed by atoms with Crippen molar-refractivity contribution in [3.63, 3.8) is 0 Å². The fourth-order valence-electron chi connectivity index (χ4n) is 1.87. The van der Waals surface area contributed by atoms with E-state index in [1.165, 1.54) is 29.0 Å². The summed E-state index contributed by atoms with van der Waals surface area (Å²) in [4.78, 5) is 23.5. The Hall–Kier alpha value is -2.43. The average Bonchev–Trinajstić information content (AvgIpc) is 2.43. The van der Waals surface area contributed by atoms with Crippen LogP contribution in [0.4, 0.5) is 10.1 Å². The molecular formula is C15H15FN2O2. The monoisotopic (exact) mass is 274 g/mol. The number of pyridine rings is 1. The maximum Gasteiger partial charge on any atom is 0.258 e. The molecule has 0 saturated carbocycles. The zero-order valence-electron chi connectivity index (χ0n) is 11.3. The zero-order valence-corrected chi connectivity index (χ0v) is 11.3. The van der Waals surface area contributed by atoms with E-state index in [1.54, 1.807) is 19.1 Å². The molecule has 0 bridgehead atoms. The first kappa shape index (κ1) is 14.0. The molecule has 0 aliphatic carbocycles. The van der Waals surface area contributed by atoms with Gasteiger partial charge in [0.2, 0.25) is 0 Å². The van der Waals surface area contributed by atoms with Crippen molar-refractivity contribution >= 4 is 11.6 Å². The molecule has 2 rings (SSSR count). The summed E-state index contributed by atoms with van der Waals surface area (Å²) in [6.45, 7) is 3.93. The van der Waals surface area contributed by atoms with Crippen molar-refractivity contribution in [1.29, 1.82) is 0 Å². The van der Waals surface area contributed by atoms with Crippen LogP contribution in [-0.2, 0) is 6.54 Å². The van der Waals surface area contributed by atoms with Gasteiger partial charge in [0.15, 0.2) is 0 Å². The number of benzene rings is 1. The predicted octanol–water partition coefficient (Wildman–Crippen LogP) is 2.57. The second-order valence-electron chi connectivity index (χ2n) is 4.43.